The minimum Gasteiger partial charge on any atom is -0.476 e. The minimum atomic E-state index is -3.88. The summed E-state index contributed by atoms with van der Waals surface area (Å²) in [6, 6.07) is 0. The number of imidazole rings is 1. The summed E-state index contributed by atoms with van der Waals surface area (Å²) < 4.78 is 24.9. The first-order valence-electron chi connectivity index (χ1n) is 2.65. The molecule has 1 aromatic heterocycles. The van der Waals surface area contributed by atoms with Crippen LogP contribution in [-0.4, -0.2) is 21.0 Å². The molecule has 2 N–H and O–H groups in total. The Balaban J connectivity index is 3.00. The molecule has 1 heterocycles. The van der Waals surface area contributed by atoms with E-state index in [4.69, 9.17) is 5.11 Å². The van der Waals surface area contributed by atoms with E-state index in [0.717, 1.165) is 12.5 Å². The van der Waals surface area contributed by atoms with Crippen molar-refractivity contribution in [2.75, 3.05) is 0 Å². The fraction of sp³-hybridized carbons (Fsp3) is 0.200. The van der Waals surface area contributed by atoms with Crippen molar-refractivity contribution in [2.24, 2.45) is 0 Å². The van der Waals surface area contributed by atoms with Crippen LogP contribution in [0, 0.1) is 0 Å². The Morgan fingerprint density at radius 1 is 1.73 bits per heavy atom. The molecule has 6 heteroatoms. The third-order valence-corrected chi connectivity index (χ3v) is 1.11. The average Bonchev–Trinajstić information content (AvgIpc) is 2.37. The highest BCUT2D eigenvalue weighted by Gasteiger charge is 2.42. The molecule has 1 rings (SSSR count). The van der Waals surface area contributed by atoms with Crippen LogP contribution in [0.1, 0.15) is 5.69 Å². The Hall–Kier alpha value is -1.46. The number of carboxylic acids is 1. The highest BCUT2D eigenvalue weighted by atomic mass is 19.3. The maximum atomic E-state index is 12.4. The van der Waals surface area contributed by atoms with Gasteiger partial charge in [0.1, 0.15) is 5.69 Å². The van der Waals surface area contributed by atoms with Crippen LogP contribution in [0.5, 0.6) is 0 Å². The van der Waals surface area contributed by atoms with Crippen molar-refractivity contribution in [1.82, 2.24) is 9.97 Å². The first kappa shape index (κ1) is 7.64. The molecule has 0 spiro atoms. The van der Waals surface area contributed by atoms with E-state index < -0.39 is 17.6 Å². The highest BCUT2D eigenvalue weighted by molar-refractivity contribution is 5.76. The number of nitrogens with one attached hydrogen (secondary N) is 1. The van der Waals surface area contributed by atoms with Crippen molar-refractivity contribution in [2.45, 2.75) is 5.92 Å². The first-order valence-corrected chi connectivity index (χ1v) is 2.65. The second kappa shape index (κ2) is 2.30. The number of aromatic nitrogens is 2. The molecular formula is C5H4F2N2O2. The van der Waals surface area contributed by atoms with Gasteiger partial charge in [0, 0.05) is 0 Å². The van der Waals surface area contributed by atoms with E-state index in [1.54, 1.807) is 0 Å². The number of aliphatic carboxylic acids is 1. The van der Waals surface area contributed by atoms with Crippen molar-refractivity contribution in [3.63, 3.8) is 0 Å². The number of hydrogen-bond acceptors (Lipinski definition) is 2. The lowest BCUT2D eigenvalue weighted by Gasteiger charge is -2.06. The Bertz CT molecular complexity index is 257. The number of hydrogen-bond donors (Lipinski definition) is 2. The SMILES string of the molecule is O=C(O)C(F)(F)c1cnc[nH]1. The number of halogens is 2. The van der Waals surface area contributed by atoms with Gasteiger partial charge in [-0.3, -0.25) is 0 Å². The van der Waals surface area contributed by atoms with Gasteiger partial charge in [-0.05, 0) is 0 Å². The summed E-state index contributed by atoms with van der Waals surface area (Å²) in [4.78, 5) is 15.2. The molecule has 0 aliphatic carbocycles. The molecule has 0 amide bonds. The number of H-pyrrole nitrogens is 1. The second-order valence-corrected chi connectivity index (χ2v) is 1.84. The summed E-state index contributed by atoms with van der Waals surface area (Å²) in [5.41, 5.74) is -0.718. The molecule has 1 aromatic rings. The van der Waals surface area contributed by atoms with Gasteiger partial charge in [0.2, 0.25) is 0 Å². The molecular weight excluding hydrogens is 158 g/mol. The van der Waals surface area contributed by atoms with Crippen molar-refractivity contribution in [1.29, 1.82) is 0 Å². The van der Waals surface area contributed by atoms with Crippen molar-refractivity contribution < 1.29 is 18.7 Å². The van der Waals surface area contributed by atoms with Crippen molar-refractivity contribution in [3.8, 4) is 0 Å². The Morgan fingerprint density at radius 2 is 2.36 bits per heavy atom. The number of rotatable bonds is 2. The summed E-state index contributed by atoms with van der Waals surface area (Å²) in [5, 5.41) is 8.02. The maximum Gasteiger partial charge on any atom is 0.383 e. The van der Waals surface area contributed by atoms with Crippen LogP contribution in [0.2, 0.25) is 0 Å². The van der Waals surface area contributed by atoms with Crippen molar-refractivity contribution >= 4 is 5.97 Å². The van der Waals surface area contributed by atoms with Crippen LogP contribution in [0.4, 0.5) is 8.78 Å². The zero-order valence-corrected chi connectivity index (χ0v) is 5.21. The molecule has 11 heavy (non-hydrogen) atoms. The molecule has 0 radical (unpaired) electrons. The van der Waals surface area contributed by atoms with Gasteiger partial charge in [0.15, 0.2) is 0 Å². The normalized spacial score (nSPS) is 11.5. The van der Waals surface area contributed by atoms with Crippen molar-refractivity contribution in [3.05, 3.63) is 18.2 Å². The number of alkyl halides is 2. The molecule has 0 aliphatic heterocycles. The maximum absolute atomic E-state index is 12.4. The molecule has 0 saturated heterocycles. The van der Waals surface area contributed by atoms with Crippen LogP contribution in [0.15, 0.2) is 12.5 Å². The van der Waals surface area contributed by atoms with E-state index in [-0.39, 0.29) is 0 Å². The molecule has 4 nitrogen and oxygen atoms in total. The third kappa shape index (κ3) is 1.19. The zero-order chi connectivity index (χ0) is 8.48. The van der Waals surface area contributed by atoms with Crippen LogP contribution in [0.25, 0.3) is 0 Å². The zero-order valence-electron chi connectivity index (χ0n) is 5.21. The van der Waals surface area contributed by atoms with Gasteiger partial charge in [-0.2, -0.15) is 8.78 Å². The lowest BCUT2D eigenvalue weighted by molar-refractivity contribution is -0.166. The van der Waals surface area contributed by atoms with E-state index in [2.05, 4.69) is 4.98 Å². The molecule has 0 aromatic carbocycles. The van der Waals surface area contributed by atoms with Crippen LogP contribution in [-0.2, 0) is 10.7 Å². The Morgan fingerprint density at radius 3 is 2.73 bits per heavy atom. The summed E-state index contributed by atoms with van der Waals surface area (Å²) >= 11 is 0. The number of nitrogens with zero attached hydrogens (tertiary/aromatic N) is 1. The molecule has 0 aliphatic rings. The van der Waals surface area contributed by atoms with Gasteiger partial charge < -0.3 is 10.1 Å². The quantitative estimate of drug-likeness (QED) is 0.668. The minimum absolute atomic E-state index is 0.718. The molecule has 0 atom stereocenters. The van der Waals surface area contributed by atoms with E-state index in [0.29, 0.717) is 0 Å². The summed E-state index contributed by atoms with van der Waals surface area (Å²) in [6.07, 6.45) is 1.76. The number of carbonyl (C=O) groups is 1. The lowest BCUT2D eigenvalue weighted by Crippen LogP contribution is -2.25. The second-order valence-electron chi connectivity index (χ2n) is 1.84. The standard InChI is InChI=1S/C5H4F2N2O2/c6-5(7,4(10)11)3-1-8-2-9-3/h1-2H,(H,8,9)(H,10,11). The third-order valence-electron chi connectivity index (χ3n) is 1.11. The topological polar surface area (TPSA) is 66.0 Å². The molecule has 0 bridgehead atoms. The highest BCUT2D eigenvalue weighted by Crippen LogP contribution is 2.25. The fourth-order valence-corrected chi connectivity index (χ4v) is 0.543. The monoisotopic (exact) mass is 162 g/mol. The molecule has 0 saturated carbocycles. The Kier molecular flexibility index (Phi) is 1.60. The summed E-state index contributed by atoms with van der Waals surface area (Å²) in [7, 11) is 0. The van der Waals surface area contributed by atoms with E-state index in [1.165, 1.54) is 0 Å². The molecule has 60 valence electrons. The van der Waals surface area contributed by atoms with Gasteiger partial charge in [-0.1, -0.05) is 0 Å². The average molecular weight is 162 g/mol. The first-order chi connectivity index (χ1) is 5.05. The largest absolute Gasteiger partial charge is 0.476 e. The van der Waals surface area contributed by atoms with E-state index in [1.807, 2.05) is 4.98 Å². The number of carboxylic acid groups (broad SMARTS) is 1. The number of aromatic amines is 1. The molecule has 0 fully saturated rings. The van der Waals surface area contributed by atoms with Gasteiger partial charge in [0.25, 0.3) is 0 Å². The fourth-order valence-electron chi connectivity index (χ4n) is 0.543. The predicted octanol–water partition coefficient (Wildman–Crippen LogP) is 0.586. The van der Waals surface area contributed by atoms with Crippen LogP contribution >= 0.6 is 0 Å². The van der Waals surface area contributed by atoms with Crippen LogP contribution < -0.4 is 0 Å². The van der Waals surface area contributed by atoms with Gasteiger partial charge in [-0.25, -0.2) is 9.78 Å². The Labute approximate surface area is 59.9 Å². The smallest absolute Gasteiger partial charge is 0.383 e. The predicted molar refractivity (Wildman–Crippen MR) is 30.1 cm³/mol. The summed E-state index contributed by atoms with van der Waals surface area (Å²) in [5.74, 6) is -6.07. The van der Waals surface area contributed by atoms with Gasteiger partial charge in [-0.15, -0.1) is 0 Å². The van der Waals surface area contributed by atoms with Crippen LogP contribution in [0.3, 0.4) is 0 Å². The van der Waals surface area contributed by atoms with Gasteiger partial charge in [0.05, 0.1) is 12.5 Å². The van der Waals surface area contributed by atoms with E-state index >= 15 is 0 Å². The molecule has 0 unspecified atom stereocenters. The van der Waals surface area contributed by atoms with E-state index in [9.17, 15) is 13.6 Å². The van der Waals surface area contributed by atoms with Gasteiger partial charge >= 0.3 is 11.9 Å². The lowest BCUT2D eigenvalue weighted by atomic mass is 10.3. The summed E-state index contributed by atoms with van der Waals surface area (Å²) in [6.45, 7) is 0.